The third-order valence-electron chi connectivity index (χ3n) is 2.64. The van der Waals surface area contributed by atoms with Gasteiger partial charge in [-0.3, -0.25) is 4.57 Å². The number of nitrogens with two attached hydrogens (primary N) is 1. The van der Waals surface area contributed by atoms with Gasteiger partial charge in [-0.1, -0.05) is 0 Å². The Kier molecular flexibility index (Phi) is 6.70. The highest BCUT2D eigenvalue weighted by atomic mass is 35.5. The second kappa shape index (κ2) is 7.04. The number of hydrogen-bond donors (Lipinski definition) is 4. The Morgan fingerprint density at radius 3 is 2.47 bits per heavy atom. The largest absolute Gasteiger partial charge is 0.394 e. The van der Waals surface area contributed by atoms with Gasteiger partial charge in [0.1, 0.15) is 24.1 Å². The van der Waals surface area contributed by atoms with E-state index in [1.807, 2.05) is 0 Å². The van der Waals surface area contributed by atoms with Gasteiger partial charge in [-0.05, 0) is 6.07 Å². The Morgan fingerprint density at radius 2 is 2.00 bits per heavy atom. The van der Waals surface area contributed by atoms with Crippen LogP contribution in [0, 0.1) is 0 Å². The topological polar surface area (TPSA) is 131 Å². The van der Waals surface area contributed by atoms with E-state index in [2.05, 4.69) is 4.98 Å². The minimum atomic E-state index is -1.31. The van der Waals surface area contributed by atoms with Crippen molar-refractivity contribution in [1.29, 1.82) is 0 Å². The average molecular weight is 316 g/mol. The van der Waals surface area contributed by atoms with E-state index >= 15 is 0 Å². The molecule has 0 saturated carbocycles. The van der Waals surface area contributed by atoms with Crippen molar-refractivity contribution in [3.05, 3.63) is 22.7 Å². The monoisotopic (exact) mass is 315 g/mol. The molecule has 0 aliphatic carbocycles. The number of ether oxygens (including phenoxy) is 1. The van der Waals surface area contributed by atoms with Crippen molar-refractivity contribution in [3.8, 4) is 0 Å². The van der Waals surface area contributed by atoms with Gasteiger partial charge in [0.2, 0.25) is 0 Å². The van der Waals surface area contributed by atoms with Crippen LogP contribution in [0.15, 0.2) is 17.1 Å². The Morgan fingerprint density at radius 1 is 1.37 bits per heavy atom. The maximum Gasteiger partial charge on any atom is 0.351 e. The molecule has 1 fully saturated rings. The van der Waals surface area contributed by atoms with Crippen molar-refractivity contribution < 1.29 is 20.1 Å². The molecular formula is C9H15Cl2N3O5. The van der Waals surface area contributed by atoms with Gasteiger partial charge in [0.05, 0.1) is 6.61 Å². The van der Waals surface area contributed by atoms with E-state index in [1.165, 1.54) is 12.3 Å². The van der Waals surface area contributed by atoms with Crippen LogP contribution in [-0.2, 0) is 4.74 Å². The van der Waals surface area contributed by atoms with E-state index in [4.69, 9.17) is 15.6 Å². The van der Waals surface area contributed by atoms with Gasteiger partial charge < -0.3 is 25.8 Å². The highest BCUT2D eigenvalue weighted by Crippen LogP contribution is 2.27. The molecule has 0 spiro atoms. The molecule has 2 rings (SSSR count). The van der Waals surface area contributed by atoms with Crippen LogP contribution in [-0.4, -0.2) is 49.8 Å². The Labute approximate surface area is 120 Å². The predicted molar refractivity (Wildman–Crippen MR) is 70.4 cm³/mol. The normalized spacial score (nSPS) is 29.4. The molecule has 19 heavy (non-hydrogen) atoms. The molecular weight excluding hydrogens is 301 g/mol. The van der Waals surface area contributed by atoms with E-state index in [0.29, 0.717) is 0 Å². The highest BCUT2D eigenvalue weighted by Gasteiger charge is 2.43. The maximum atomic E-state index is 11.5. The zero-order chi connectivity index (χ0) is 12.6. The Balaban J connectivity index is 0.00000162. The summed E-state index contributed by atoms with van der Waals surface area (Å²) in [6.45, 7) is -0.453. The summed E-state index contributed by atoms with van der Waals surface area (Å²) < 4.78 is 6.19. The predicted octanol–water partition coefficient (Wildman–Crippen LogP) is -1.72. The summed E-state index contributed by atoms with van der Waals surface area (Å²) in [5.74, 6) is 0.0537. The number of nitrogens with zero attached hydrogens (tertiary/aromatic N) is 2. The molecule has 1 aliphatic rings. The van der Waals surface area contributed by atoms with E-state index in [1.54, 1.807) is 0 Å². The molecule has 0 amide bonds. The van der Waals surface area contributed by atoms with Crippen LogP contribution in [0.25, 0.3) is 0 Å². The summed E-state index contributed by atoms with van der Waals surface area (Å²) in [5, 5.41) is 28.2. The second-order valence-electron chi connectivity index (χ2n) is 3.77. The summed E-state index contributed by atoms with van der Waals surface area (Å²) >= 11 is 0. The minimum absolute atomic E-state index is 0. The van der Waals surface area contributed by atoms with Crippen molar-refractivity contribution in [2.24, 2.45) is 0 Å². The number of aromatic nitrogens is 2. The molecule has 10 heteroatoms. The van der Waals surface area contributed by atoms with Crippen LogP contribution in [0.3, 0.4) is 0 Å². The standard InChI is InChI=1S/C9H13N3O5.2ClH/c10-5-1-2-12(9(16)11-5)8-7(15)6(14)4(3-13)17-8;;/h1-2,4,6-8,13-15H,3H2,(H2,10,11,16);2*1H/t4-,6-,7+,8-;;/m1../s1. The van der Waals surface area contributed by atoms with Gasteiger partial charge in [0.25, 0.3) is 0 Å². The summed E-state index contributed by atoms with van der Waals surface area (Å²) in [6, 6.07) is 1.37. The highest BCUT2D eigenvalue weighted by molar-refractivity contribution is 5.85. The molecule has 110 valence electrons. The number of rotatable bonds is 2. The quantitative estimate of drug-likeness (QED) is 0.510. The summed E-state index contributed by atoms with van der Waals surface area (Å²) in [6.07, 6.45) is -3.27. The van der Waals surface area contributed by atoms with Gasteiger partial charge in [-0.25, -0.2) is 4.79 Å². The molecule has 1 saturated heterocycles. The van der Waals surface area contributed by atoms with Gasteiger partial charge >= 0.3 is 5.69 Å². The van der Waals surface area contributed by atoms with Crippen molar-refractivity contribution in [3.63, 3.8) is 0 Å². The third kappa shape index (κ3) is 3.35. The lowest BCUT2D eigenvalue weighted by Gasteiger charge is -2.16. The first-order valence-corrected chi connectivity index (χ1v) is 5.01. The SMILES string of the molecule is Cl.Cl.Nc1ccn([C@@H]2O[C@H](CO)[C@@H](O)[C@@H]2O)c(=O)n1. The first-order valence-electron chi connectivity index (χ1n) is 5.01. The molecule has 0 radical (unpaired) electrons. The molecule has 0 bridgehead atoms. The average Bonchev–Trinajstić information content (AvgIpc) is 2.57. The van der Waals surface area contributed by atoms with Crippen LogP contribution >= 0.6 is 24.8 Å². The number of aliphatic hydroxyl groups excluding tert-OH is 3. The van der Waals surface area contributed by atoms with Crippen LogP contribution in [0.4, 0.5) is 5.82 Å². The molecule has 0 aromatic carbocycles. The van der Waals surface area contributed by atoms with Gasteiger partial charge in [0.15, 0.2) is 6.23 Å². The minimum Gasteiger partial charge on any atom is -0.394 e. The maximum absolute atomic E-state index is 11.5. The third-order valence-corrected chi connectivity index (χ3v) is 2.64. The molecule has 2 heterocycles. The zero-order valence-corrected chi connectivity index (χ0v) is 11.3. The van der Waals surface area contributed by atoms with Crippen LogP contribution in [0.1, 0.15) is 6.23 Å². The molecule has 4 atom stereocenters. The summed E-state index contributed by atoms with van der Waals surface area (Å²) in [7, 11) is 0. The number of hydrogen-bond acceptors (Lipinski definition) is 7. The molecule has 1 aromatic rings. The zero-order valence-electron chi connectivity index (χ0n) is 9.62. The van der Waals surface area contributed by atoms with E-state index < -0.39 is 36.8 Å². The lowest BCUT2D eigenvalue weighted by Crippen LogP contribution is -2.36. The fraction of sp³-hybridized carbons (Fsp3) is 0.556. The number of nitrogen functional groups attached to an aromatic ring is 1. The molecule has 5 N–H and O–H groups in total. The van der Waals surface area contributed by atoms with Crippen molar-refractivity contribution >= 4 is 30.6 Å². The lowest BCUT2D eigenvalue weighted by molar-refractivity contribution is -0.0549. The van der Waals surface area contributed by atoms with Crippen LogP contribution < -0.4 is 11.4 Å². The lowest BCUT2D eigenvalue weighted by atomic mass is 10.1. The van der Waals surface area contributed by atoms with Crippen molar-refractivity contribution in [1.82, 2.24) is 9.55 Å². The first kappa shape index (κ1) is 18.1. The first-order chi connectivity index (χ1) is 8.04. The van der Waals surface area contributed by atoms with Crippen molar-refractivity contribution in [2.45, 2.75) is 24.5 Å². The second-order valence-corrected chi connectivity index (χ2v) is 3.77. The number of halogens is 2. The van der Waals surface area contributed by atoms with Crippen LogP contribution in [0.2, 0.25) is 0 Å². The van der Waals surface area contributed by atoms with Crippen LogP contribution in [0.5, 0.6) is 0 Å². The summed E-state index contributed by atoms with van der Waals surface area (Å²) in [5.41, 5.74) is 4.63. The van der Waals surface area contributed by atoms with E-state index in [9.17, 15) is 15.0 Å². The Hall–Kier alpha value is -0.900. The molecule has 0 unspecified atom stereocenters. The van der Waals surface area contributed by atoms with E-state index in [-0.39, 0.29) is 30.6 Å². The summed E-state index contributed by atoms with van der Waals surface area (Å²) in [4.78, 5) is 15.0. The molecule has 8 nitrogen and oxygen atoms in total. The molecule has 1 aliphatic heterocycles. The number of anilines is 1. The van der Waals surface area contributed by atoms with E-state index in [0.717, 1.165) is 4.57 Å². The fourth-order valence-corrected chi connectivity index (χ4v) is 1.73. The smallest absolute Gasteiger partial charge is 0.351 e. The number of aliphatic hydroxyl groups is 3. The van der Waals surface area contributed by atoms with Gasteiger partial charge in [0, 0.05) is 6.20 Å². The van der Waals surface area contributed by atoms with Crippen molar-refractivity contribution in [2.75, 3.05) is 12.3 Å². The van der Waals surface area contributed by atoms with Gasteiger partial charge in [-0.2, -0.15) is 4.98 Å². The Bertz CT molecular complexity index is 471. The fourth-order valence-electron chi connectivity index (χ4n) is 1.73. The molecule has 1 aromatic heterocycles. The van der Waals surface area contributed by atoms with Gasteiger partial charge in [-0.15, -0.1) is 24.8 Å².